The summed E-state index contributed by atoms with van der Waals surface area (Å²) in [7, 11) is 0. The quantitative estimate of drug-likeness (QED) is 0.361. The van der Waals surface area contributed by atoms with Crippen molar-refractivity contribution in [2.45, 2.75) is 0 Å². The SMILES string of the molecule is Clc1cccc2c1oc1c3ccccc3n(-c3ccccc3)c21. The number of halogens is 1. The Hall–Kier alpha value is -2.71. The van der Waals surface area contributed by atoms with Crippen LogP contribution in [0.3, 0.4) is 0 Å². The molecule has 0 N–H and O–H groups in total. The average Bonchev–Trinajstić information content (AvgIpc) is 3.12. The van der Waals surface area contributed by atoms with Crippen LogP contribution in [0.15, 0.2) is 77.2 Å². The van der Waals surface area contributed by atoms with Crippen LogP contribution in [0.5, 0.6) is 0 Å². The number of nitrogens with zero attached hydrogens (tertiary/aromatic N) is 1. The van der Waals surface area contributed by atoms with E-state index in [0.717, 1.165) is 38.7 Å². The van der Waals surface area contributed by atoms with Gasteiger partial charge in [-0.3, -0.25) is 0 Å². The molecule has 5 aromatic rings. The Morgan fingerprint density at radius 2 is 1.43 bits per heavy atom. The van der Waals surface area contributed by atoms with Crippen molar-refractivity contribution >= 4 is 44.6 Å². The molecule has 0 atom stereocenters. The lowest BCUT2D eigenvalue weighted by Crippen LogP contribution is -1.92. The van der Waals surface area contributed by atoms with Crippen molar-refractivity contribution in [3.8, 4) is 5.69 Å². The summed E-state index contributed by atoms with van der Waals surface area (Å²) < 4.78 is 8.39. The van der Waals surface area contributed by atoms with Crippen LogP contribution in [0.25, 0.3) is 38.7 Å². The third-order valence-electron chi connectivity index (χ3n) is 4.27. The summed E-state index contributed by atoms with van der Waals surface area (Å²) in [6.45, 7) is 0. The molecule has 0 radical (unpaired) electrons. The summed E-state index contributed by atoms with van der Waals surface area (Å²) in [4.78, 5) is 0. The maximum absolute atomic E-state index is 6.33. The monoisotopic (exact) mass is 317 g/mol. The Labute approximate surface area is 137 Å². The maximum Gasteiger partial charge on any atom is 0.161 e. The number of hydrogen-bond donors (Lipinski definition) is 0. The molecule has 0 aliphatic rings. The highest BCUT2D eigenvalue weighted by molar-refractivity contribution is 6.36. The van der Waals surface area contributed by atoms with E-state index in [9.17, 15) is 0 Å². The zero-order valence-corrected chi connectivity index (χ0v) is 12.9. The fourth-order valence-corrected chi connectivity index (χ4v) is 3.52. The molecule has 2 aromatic heterocycles. The van der Waals surface area contributed by atoms with E-state index in [-0.39, 0.29) is 0 Å². The number of fused-ring (bicyclic) bond motifs is 5. The summed E-state index contributed by atoms with van der Waals surface area (Å²) in [5.74, 6) is 0. The smallest absolute Gasteiger partial charge is 0.161 e. The molecule has 23 heavy (non-hydrogen) atoms. The Bertz CT molecular complexity index is 1170. The highest BCUT2D eigenvalue weighted by Gasteiger charge is 2.19. The lowest BCUT2D eigenvalue weighted by atomic mass is 10.2. The van der Waals surface area contributed by atoms with E-state index in [1.165, 1.54) is 0 Å². The highest BCUT2D eigenvalue weighted by atomic mass is 35.5. The Morgan fingerprint density at radius 1 is 0.696 bits per heavy atom. The van der Waals surface area contributed by atoms with Gasteiger partial charge in [0.25, 0.3) is 0 Å². The van der Waals surface area contributed by atoms with E-state index in [1.54, 1.807) is 0 Å². The Morgan fingerprint density at radius 3 is 2.30 bits per heavy atom. The molecule has 0 unspecified atom stereocenters. The Kier molecular flexibility index (Phi) is 2.58. The third-order valence-corrected chi connectivity index (χ3v) is 4.57. The minimum absolute atomic E-state index is 0.641. The molecule has 3 heteroatoms. The largest absolute Gasteiger partial charge is 0.452 e. The van der Waals surface area contributed by atoms with Crippen molar-refractivity contribution in [2.24, 2.45) is 0 Å². The zero-order chi connectivity index (χ0) is 15.4. The molecule has 0 fully saturated rings. The second-order valence-corrected chi connectivity index (χ2v) is 5.99. The lowest BCUT2D eigenvalue weighted by Gasteiger charge is -2.06. The first kappa shape index (κ1) is 12.8. The van der Waals surface area contributed by atoms with Crippen molar-refractivity contribution < 1.29 is 4.42 Å². The number of rotatable bonds is 1. The second-order valence-electron chi connectivity index (χ2n) is 5.58. The summed E-state index contributed by atoms with van der Waals surface area (Å²) >= 11 is 6.33. The van der Waals surface area contributed by atoms with Crippen molar-refractivity contribution in [1.82, 2.24) is 4.57 Å². The second kappa shape index (κ2) is 4.64. The molecule has 0 bridgehead atoms. The molecule has 0 aliphatic carbocycles. The molecular formula is C20H12ClNO. The van der Waals surface area contributed by atoms with E-state index in [1.807, 2.05) is 36.4 Å². The summed E-state index contributed by atoms with van der Waals surface area (Å²) in [5.41, 5.74) is 4.94. The molecule has 5 rings (SSSR count). The van der Waals surface area contributed by atoms with Crippen molar-refractivity contribution in [2.75, 3.05) is 0 Å². The number of hydrogen-bond acceptors (Lipinski definition) is 1. The van der Waals surface area contributed by atoms with E-state index in [2.05, 4.69) is 41.0 Å². The maximum atomic E-state index is 6.33. The van der Waals surface area contributed by atoms with Gasteiger partial charge in [0.05, 0.1) is 10.5 Å². The molecular weight excluding hydrogens is 306 g/mol. The van der Waals surface area contributed by atoms with Gasteiger partial charge >= 0.3 is 0 Å². The van der Waals surface area contributed by atoms with Crippen LogP contribution in [0.1, 0.15) is 0 Å². The minimum Gasteiger partial charge on any atom is -0.452 e. The van der Waals surface area contributed by atoms with Crippen molar-refractivity contribution in [3.63, 3.8) is 0 Å². The molecule has 2 heterocycles. The van der Waals surface area contributed by atoms with Gasteiger partial charge < -0.3 is 8.98 Å². The van der Waals surface area contributed by atoms with Crippen LogP contribution in [0.4, 0.5) is 0 Å². The van der Waals surface area contributed by atoms with Crippen LogP contribution in [0, 0.1) is 0 Å². The van der Waals surface area contributed by atoms with Crippen molar-refractivity contribution in [1.29, 1.82) is 0 Å². The van der Waals surface area contributed by atoms with E-state index in [0.29, 0.717) is 5.02 Å². The predicted octanol–water partition coefficient (Wildman–Crippen LogP) is 6.18. The lowest BCUT2D eigenvalue weighted by molar-refractivity contribution is 0.673. The van der Waals surface area contributed by atoms with Crippen LogP contribution < -0.4 is 0 Å². The molecule has 0 saturated heterocycles. The van der Waals surface area contributed by atoms with Gasteiger partial charge in [-0.2, -0.15) is 0 Å². The fraction of sp³-hybridized carbons (Fsp3) is 0. The van der Waals surface area contributed by atoms with Gasteiger partial charge in [0.15, 0.2) is 11.2 Å². The van der Waals surface area contributed by atoms with Gasteiger partial charge in [0, 0.05) is 16.5 Å². The molecule has 0 aliphatic heterocycles. The third kappa shape index (κ3) is 1.70. The van der Waals surface area contributed by atoms with Gasteiger partial charge in [-0.05, 0) is 36.4 Å². The highest BCUT2D eigenvalue weighted by Crippen LogP contribution is 2.40. The predicted molar refractivity (Wildman–Crippen MR) is 95.6 cm³/mol. The van der Waals surface area contributed by atoms with Crippen LogP contribution in [-0.2, 0) is 0 Å². The van der Waals surface area contributed by atoms with Gasteiger partial charge in [-0.1, -0.05) is 48.0 Å². The van der Waals surface area contributed by atoms with E-state index < -0.39 is 0 Å². The van der Waals surface area contributed by atoms with Gasteiger partial charge in [0.2, 0.25) is 0 Å². The molecule has 3 aromatic carbocycles. The van der Waals surface area contributed by atoms with Gasteiger partial charge in [-0.25, -0.2) is 0 Å². The topological polar surface area (TPSA) is 18.1 Å². The first-order chi connectivity index (χ1) is 11.3. The minimum atomic E-state index is 0.641. The zero-order valence-electron chi connectivity index (χ0n) is 12.2. The first-order valence-electron chi connectivity index (χ1n) is 7.50. The molecule has 0 saturated carbocycles. The summed E-state index contributed by atoms with van der Waals surface area (Å²) in [5, 5.41) is 2.77. The first-order valence-corrected chi connectivity index (χ1v) is 7.88. The molecule has 110 valence electrons. The standard InChI is InChI=1S/C20H12ClNO/c21-16-11-6-10-15-18-20(23-19(15)16)14-9-4-5-12-17(14)22(18)13-7-2-1-3-8-13/h1-12H. The van der Waals surface area contributed by atoms with E-state index in [4.69, 9.17) is 16.0 Å². The van der Waals surface area contributed by atoms with Crippen LogP contribution in [-0.4, -0.2) is 4.57 Å². The van der Waals surface area contributed by atoms with Gasteiger partial charge in [0.1, 0.15) is 5.52 Å². The summed E-state index contributed by atoms with van der Waals surface area (Å²) in [6, 6.07) is 24.5. The number of aromatic nitrogens is 1. The number of benzene rings is 3. The molecule has 0 spiro atoms. The number of para-hydroxylation sites is 3. The summed E-state index contributed by atoms with van der Waals surface area (Å²) in [6.07, 6.45) is 0. The fourth-order valence-electron chi connectivity index (χ4n) is 3.30. The van der Waals surface area contributed by atoms with Gasteiger partial charge in [-0.15, -0.1) is 0 Å². The van der Waals surface area contributed by atoms with Crippen LogP contribution >= 0.6 is 11.6 Å². The van der Waals surface area contributed by atoms with Crippen LogP contribution in [0.2, 0.25) is 5.02 Å². The number of furan rings is 1. The average molecular weight is 318 g/mol. The Balaban J connectivity index is 2.08. The molecule has 0 amide bonds. The van der Waals surface area contributed by atoms with Crippen molar-refractivity contribution in [3.05, 3.63) is 77.8 Å². The normalized spacial score (nSPS) is 11.7. The van der Waals surface area contributed by atoms with E-state index >= 15 is 0 Å². The molecule has 2 nitrogen and oxygen atoms in total.